The zero-order chi connectivity index (χ0) is 20.1. The molecule has 1 heterocycles. The molecule has 1 aromatic rings. The second kappa shape index (κ2) is 8.58. The zero-order valence-corrected chi connectivity index (χ0v) is 15.6. The van der Waals surface area contributed by atoms with Crippen LogP contribution in [0.1, 0.15) is 12.5 Å². The summed E-state index contributed by atoms with van der Waals surface area (Å²) >= 11 is 0.706. The number of hydrogen-bond donors (Lipinski definition) is 1. The van der Waals surface area contributed by atoms with Crippen molar-refractivity contribution in [3.63, 3.8) is 0 Å². The first-order valence-electron chi connectivity index (χ1n) is 7.66. The molecule has 10 heteroatoms. The summed E-state index contributed by atoms with van der Waals surface area (Å²) in [5.41, 5.74) is 0.533. The van der Waals surface area contributed by atoms with Gasteiger partial charge in [0.2, 0.25) is 0 Å². The molecular weight excluding hydrogens is 378 g/mol. The largest absolute Gasteiger partial charge is 0.493 e. The van der Waals surface area contributed by atoms with Crippen molar-refractivity contribution in [2.75, 3.05) is 20.8 Å². The van der Waals surface area contributed by atoms with Gasteiger partial charge in [-0.15, -0.1) is 0 Å². The highest BCUT2D eigenvalue weighted by atomic mass is 32.2. The highest BCUT2D eigenvalue weighted by Crippen LogP contribution is 2.35. The van der Waals surface area contributed by atoms with Crippen LogP contribution in [-0.4, -0.2) is 60.0 Å². The summed E-state index contributed by atoms with van der Waals surface area (Å²) in [5, 5.41) is 8.11. The summed E-state index contributed by atoms with van der Waals surface area (Å²) in [5.74, 6) is -1.93. The maximum Gasteiger partial charge on any atom is 0.341 e. The Balaban J connectivity index is 2.25. The molecule has 0 spiro atoms. The number of carboxylic acid groups (broad SMARTS) is 1. The molecule has 1 fully saturated rings. The summed E-state index contributed by atoms with van der Waals surface area (Å²) in [7, 11) is 2.56. The highest BCUT2D eigenvalue weighted by Gasteiger charge is 2.41. The fraction of sp³-hybridized carbons (Fsp3) is 0.294. The van der Waals surface area contributed by atoms with Crippen LogP contribution in [0.15, 0.2) is 23.1 Å². The molecule has 1 aliphatic rings. The molecule has 1 aliphatic heterocycles. The van der Waals surface area contributed by atoms with Crippen LogP contribution in [0.2, 0.25) is 0 Å². The van der Waals surface area contributed by atoms with Gasteiger partial charge in [-0.25, -0.2) is 9.59 Å². The molecule has 1 aromatic carbocycles. The SMILES string of the molecule is COC(=O)[C@H](C)N1C(=O)S/C(=C/c2ccc(OCC(=O)O)c(OC)c2)C1=O. The molecule has 1 N–H and O–H groups in total. The number of rotatable bonds is 7. The van der Waals surface area contributed by atoms with Crippen LogP contribution in [0.25, 0.3) is 6.08 Å². The van der Waals surface area contributed by atoms with Gasteiger partial charge in [-0.05, 0) is 42.5 Å². The predicted octanol–water partition coefficient (Wildman–Crippen LogP) is 1.76. The van der Waals surface area contributed by atoms with E-state index in [-0.39, 0.29) is 16.4 Å². The van der Waals surface area contributed by atoms with Crippen molar-refractivity contribution in [2.24, 2.45) is 0 Å². The number of benzene rings is 1. The van der Waals surface area contributed by atoms with E-state index in [1.165, 1.54) is 39.4 Å². The molecule has 0 unspecified atom stereocenters. The topological polar surface area (TPSA) is 119 Å². The first-order valence-corrected chi connectivity index (χ1v) is 8.47. The number of esters is 1. The summed E-state index contributed by atoms with van der Waals surface area (Å²) in [6.45, 7) is 0.878. The summed E-state index contributed by atoms with van der Waals surface area (Å²) in [6, 6.07) is 3.58. The molecule has 0 saturated carbocycles. The number of nitrogens with zero attached hydrogens (tertiary/aromatic N) is 1. The van der Waals surface area contributed by atoms with Gasteiger partial charge in [-0.1, -0.05) is 6.07 Å². The van der Waals surface area contributed by atoms with E-state index in [1.807, 2.05) is 0 Å². The molecule has 0 aromatic heterocycles. The van der Waals surface area contributed by atoms with Gasteiger partial charge in [-0.2, -0.15) is 0 Å². The van der Waals surface area contributed by atoms with Crippen LogP contribution in [0.5, 0.6) is 11.5 Å². The minimum absolute atomic E-state index is 0.136. The van der Waals surface area contributed by atoms with E-state index in [0.29, 0.717) is 17.3 Å². The normalized spacial score (nSPS) is 16.4. The quantitative estimate of drug-likeness (QED) is 0.544. The van der Waals surface area contributed by atoms with E-state index in [4.69, 9.17) is 14.6 Å². The highest BCUT2D eigenvalue weighted by molar-refractivity contribution is 8.18. The van der Waals surface area contributed by atoms with Crippen LogP contribution < -0.4 is 9.47 Å². The molecule has 144 valence electrons. The fourth-order valence-corrected chi connectivity index (χ4v) is 3.18. The smallest absolute Gasteiger partial charge is 0.341 e. The number of amides is 2. The Morgan fingerprint density at radius 1 is 1.26 bits per heavy atom. The van der Waals surface area contributed by atoms with Crippen LogP contribution in [0.4, 0.5) is 4.79 Å². The second-order valence-electron chi connectivity index (χ2n) is 5.34. The number of carbonyl (C=O) groups excluding carboxylic acids is 3. The zero-order valence-electron chi connectivity index (χ0n) is 14.8. The number of imide groups is 1. The van der Waals surface area contributed by atoms with Gasteiger partial charge in [-0.3, -0.25) is 14.5 Å². The van der Waals surface area contributed by atoms with E-state index in [9.17, 15) is 19.2 Å². The Bertz CT molecular complexity index is 819. The van der Waals surface area contributed by atoms with Gasteiger partial charge in [0, 0.05) is 0 Å². The molecule has 0 bridgehead atoms. The predicted molar refractivity (Wildman–Crippen MR) is 95.4 cm³/mol. The lowest BCUT2D eigenvalue weighted by Crippen LogP contribution is -2.42. The molecule has 2 amide bonds. The Hall–Kier alpha value is -3.01. The van der Waals surface area contributed by atoms with Gasteiger partial charge in [0.1, 0.15) is 6.04 Å². The third-order valence-electron chi connectivity index (χ3n) is 3.59. The van der Waals surface area contributed by atoms with E-state index in [1.54, 1.807) is 6.07 Å². The summed E-state index contributed by atoms with van der Waals surface area (Å²) in [4.78, 5) is 47.8. The van der Waals surface area contributed by atoms with Gasteiger partial charge in [0.15, 0.2) is 18.1 Å². The van der Waals surface area contributed by atoms with E-state index in [2.05, 4.69) is 4.74 Å². The average molecular weight is 395 g/mol. The van der Waals surface area contributed by atoms with Crippen LogP contribution >= 0.6 is 11.8 Å². The van der Waals surface area contributed by atoms with Crippen LogP contribution in [0.3, 0.4) is 0 Å². The van der Waals surface area contributed by atoms with Crippen molar-refractivity contribution >= 4 is 40.9 Å². The molecule has 2 rings (SSSR count). The molecule has 1 saturated heterocycles. The second-order valence-corrected chi connectivity index (χ2v) is 6.34. The van der Waals surface area contributed by atoms with Crippen molar-refractivity contribution in [2.45, 2.75) is 13.0 Å². The number of carbonyl (C=O) groups is 4. The molecule has 0 aliphatic carbocycles. The fourth-order valence-electron chi connectivity index (χ4n) is 2.27. The number of methoxy groups -OCH3 is 2. The number of hydrogen-bond acceptors (Lipinski definition) is 8. The molecule has 27 heavy (non-hydrogen) atoms. The van der Waals surface area contributed by atoms with Gasteiger partial charge < -0.3 is 19.3 Å². The lowest BCUT2D eigenvalue weighted by Gasteiger charge is -2.18. The average Bonchev–Trinajstić information content (AvgIpc) is 2.92. The van der Waals surface area contributed by atoms with Crippen LogP contribution in [0, 0.1) is 0 Å². The van der Waals surface area contributed by atoms with Crippen molar-refractivity contribution < 1.29 is 38.5 Å². The van der Waals surface area contributed by atoms with Crippen molar-refractivity contribution in [1.29, 1.82) is 0 Å². The standard InChI is InChI=1S/C17H17NO8S/c1-9(16(22)25-3)18-15(21)13(27-17(18)23)7-10-4-5-11(12(6-10)24-2)26-8-14(19)20/h4-7,9H,8H2,1-3H3,(H,19,20)/b13-7+/t9-/m0/s1. The van der Waals surface area contributed by atoms with E-state index < -0.39 is 35.7 Å². The van der Waals surface area contributed by atoms with Crippen molar-refractivity contribution in [1.82, 2.24) is 4.90 Å². The minimum atomic E-state index is -1.13. The molecule has 1 atom stereocenters. The lowest BCUT2D eigenvalue weighted by atomic mass is 10.1. The monoisotopic (exact) mass is 395 g/mol. The Labute approximate surface area is 158 Å². The molecular formula is C17H17NO8S. The van der Waals surface area contributed by atoms with Gasteiger partial charge in [0.05, 0.1) is 19.1 Å². The Morgan fingerprint density at radius 3 is 2.56 bits per heavy atom. The first-order chi connectivity index (χ1) is 12.8. The molecule has 9 nitrogen and oxygen atoms in total. The van der Waals surface area contributed by atoms with Crippen molar-refractivity contribution in [3.05, 3.63) is 28.7 Å². The Kier molecular flexibility index (Phi) is 6.45. The third kappa shape index (κ3) is 4.59. The number of aliphatic carboxylic acids is 1. The van der Waals surface area contributed by atoms with E-state index in [0.717, 1.165) is 4.90 Å². The first kappa shape index (κ1) is 20.3. The van der Waals surface area contributed by atoms with E-state index >= 15 is 0 Å². The van der Waals surface area contributed by atoms with Gasteiger partial charge in [0.25, 0.3) is 11.1 Å². The third-order valence-corrected chi connectivity index (χ3v) is 4.47. The number of thioether (sulfide) groups is 1. The number of ether oxygens (including phenoxy) is 3. The molecule has 0 radical (unpaired) electrons. The van der Waals surface area contributed by atoms with Crippen LogP contribution in [-0.2, 0) is 19.1 Å². The lowest BCUT2D eigenvalue weighted by molar-refractivity contribution is -0.148. The Morgan fingerprint density at radius 2 is 1.96 bits per heavy atom. The summed E-state index contributed by atoms with van der Waals surface area (Å²) < 4.78 is 14.8. The minimum Gasteiger partial charge on any atom is -0.493 e. The summed E-state index contributed by atoms with van der Waals surface area (Å²) in [6.07, 6.45) is 1.47. The van der Waals surface area contributed by atoms with Gasteiger partial charge >= 0.3 is 11.9 Å². The maximum absolute atomic E-state index is 12.5. The maximum atomic E-state index is 12.5. The van der Waals surface area contributed by atoms with Crippen molar-refractivity contribution in [3.8, 4) is 11.5 Å². The number of carboxylic acids is 1.